The first-order chi connectivity index (χ1) is 34.8. The highest BCUT2D eigenvalue weighted by molar-refractivity contribution is 7.93. The Morgan fingerprint density at radius 3 is 1.52 bits per heavy atom. The molecular formula is C56H62F2N10O4S2Si. The number of anilines is 2. The Balaban J connectivity index is 0.000000236. The molecule has 0 spiro atoms. The van der Waals surface area contributed by atoms with Crippen molar-refractivity contribution in [3.63, 3.8) is 0 Å². The molecule has 75 heavy (non-hydrogen) atoms. The molecule has 4 heterocycles. The Labute approximate surface area is 440 Å². The van der Waals surface area contributed by atoms with Crippen molar-refractivity contribution in [3.8, 4) is 12.1 Å². The number of nitrogens with one attached hydrogen (secondary N) is 5. The molecule has 0 radical (unpaired) electrons. The van der Waals surface area contributed by atoms with Gasteiger partial charge in [0, 0.05) is 61.1 Å². The zero-order valence-corrected chi connectivity index (χ0v) is 43.4. The number of nitrogens with zero attached hydrogens (tertiary/aromatic N) is 5. The fraction of sp³-hybridized carbons (Fsp3) is 0.286. The summed E-state index contributed by atoms with van der Waals surface area (Å²) in [5, 5.41) is 25.4. The molecule has 4 aromatic carbocycles. The predicted octanol–water partition coefficient (Wildman–Crippen LogP) is 10.3. The van der Waals surface area contributed by atoms with Crippen LogP contribution < -0.4 is 30.5 Å². The third kappa shape index (κ3) is 11.0. The highest BCUT2D eigenvalue weighted by atomic mass is 32.2. The number of hydrogen-bond donors (Lipinski definition) is 5. The number of benzene rings is 4. The lowest BCUT2D eigenvalue weighted by atomic mass is 10.1. The normalized spacial score (nSPS) is 20.6. The third-order valence-corrected chi connectivity index (χ3v) is 23.3. The van der Waals surface area contributed by atoms with Gasteiger partial charge >= 0.3 is 0 Å². The predicted molar refractivity (Wildman–Crippen MR) is 295 cm³/mol. The van der Waals surface area contributed by atoms with Crippen molar-refractivity contribution in [3.05, 3.63) is 167 Å². The van der Waals surface area contributed by atoms with Gasteiger partial charge in [0.15, 0.2) is 0 Å². The lowest BCUT2D eigenvalue weighted by Crippen LogP contribution is -2.64. The van der Waals surface area contributed by atoms with Gasteiger partial charge < -0.3 is 19.8 Å². The summed E-state index contributed by atoms with van der Waals surface area (Å²) >= 11 is 0. The first-order valence-corrected chi connectivity index (χ1v) is 28.8. The molecule has 390 valence electrons. The van der Waals surface area contributed by atoms with Gasteiger partial charge in [-0.15, -0.1) is 0 Å². The van der Waals surface area contributed by atoms with Gasteiger partial charge in [-0.1, -0.05) is 121 Å². The number of hydrogen-bond acceptors (Lipinski definition) is 8. The summed E-state index contributed by atoms with van der Waals surface area (Å²) < 4.78 is 79.7. The Morgan fingerprint density at radius 1 is 0.693 bits per heavy atom. The monoisotopic (exact) mass is 1070 g/mol. The highest BCUT2D eigenvalue weighted by Crippen LogP contribution is 2.42. The van der Waals surface area contributed by atoms with Crippen molar-refractivity contribution in [2.75, 3.05) is 10.6 Å². The van der Waals surface area contributed by atoms with E-state index in [1.165, 1.54) is 35.0 Å². The third-order valence-electron chi connectivity index (χ3n) is 13.6. The lowest BCUT2D eigenvalue weighted by molar-refractivity contribution is 0.101. The average Bonchev–Trinajstić information content (AvgIpc) is 4.31. The van der Waals surface area contributed by atoms with Crippen LogP contribution in [-0.2, 0) is 33.9 Å². The Morgan fingerprint density at radius 2 is 1.11 bits per heavy atom. The van der Waals surface area contributed by atoms with Crippen molar-refractivity contribution < 1.29 is 26.8 Å². The van der Waals surface area contributed by atoms with E-state index < -0.39 is 51.5 Å². The summed E-state index contributed by atoms with van der Waals surface area (Å²) in [6.45, 7) is 6.51. The number of amides is 2. The van der Waals surface area contributed by atoms with E-state index >= 15 is 4.21 Å². The van der Waals surface area contributed by atoms with Gasteiger partial charge in [-0.3, -0.25) is 9.59 Å². The van der Waals surface area contributed by atoms with Crippen LogP contribution in [-0.4, -0.2) is 49.7 Å². The molecule has 0 saturated heterocycles. The second kappa shape index (κ2) is 21.5. The Hall–Kier alpha value is -7.26. The van der Waals surface area contributed by atoms with E-state index in [1.807, 2.05) is 60.7 Å². The van der Waals surface area contributed by atoms with Crippen molar-refractivity contribution >= 4 is 73.8 Å². The molecular weight excluding hydrogens is 1010 g/mol. The number of halogens is 2. The summed E-state index contributed by atoms with van der Waals surface area (Å²) in [7, 11) is -6.38. The number of fused-ring (bicyclic) bond motifs is 2. The van der Waals surface area contributed by atoms with E-state index in [2.05, 4.69) is 65.1 Å². The standard InChI is InChI=1S/C35H36FN5O2SSi.C19H18FN5O2S.2CH4/c1-35(2,3)45(27-11-7-5-8-12-27,28-13-9-6-10-14-28)40-44(43)32-23-41(4)33(29(32)18-20-31(39-44)24-15-16-24)34(42)38-26-17-19-30(36)25(21-26)22-37;1-25-10-17-14(5-7-16(11-2-3-11)24-28(17,22)27)18(25)19(26)23-13-4-6-15(20)12(8-13)9-21;;/h5-14,17-21,23-24,31H,15-16H2,1-4H3,(H,38,42)(H,39,40,43);4-8,10-11,16H,2-3H2,1H3,(H,23,26)(H2,22,24,27);2*1H4/t31-,44?;16-,28?;;/m11../s1. The number of carbonyl (C=O) groups is 2. The van der Waals surface area contributed by atoms with Crippen LogP contribution in [0.25, 0.3) is 12.2 Å². The van der Waals surface area contributed by atoms with E-state index in [0.717, 1.165) is 48.2 Å². The van der Waals surface area contributed by atoms with Crippen molar-refractivity contribution in [1.82, 2.24) is 18.6 Å². The quantitative estimate of drug-likeness (QED) is 0.0889. The van der Waals surface area contributed by atoms with E-state index in [4.69, 9.17) is 14.1 Å². The van der Waals surface area contributed by atoms with Crippen LogP contribution in [0.4, 0.5) is 20.2 Å². The van der Waals surface area contributed by atoms with Crippen molar-refractivity contribution in [1.29, 1.82) is 15.3 Å². The molecule has 5 N–H and O–H groups in total. The van der Waals surface area contributed by atoms with E-state index in [-0.39, 0.29) is 65.1 Å². The number of nitriles is 2. The summed E-state index contributed by atoms with van der Waals surface area (Å²) in [6.07, 6.45) is 14.9. The van der Waals surface area contributed by atoms with Gasteiger partial charge in [0.2, 0.25) is 0 Å². The first-order valence-electron chi connectivity index (χ1n) is 23.8. The summed E-state index contributed by atoms with van der Waals surface area (Å²) in [4.78, 5) is 27.4. The van der Waals surface area contributed by atoms with Gasteiger partial charge in [0.1, 0.15) is 55.0 Å². The Bertz CT molecular complexity index is 3540. The molecule has 4 aliphatic rings. The zero-order chi connectivity index (χ0) is 52.0. The van der Waals surface area contributed by atoms with Crippen LogP contribution in [0.5, 0.6) is 0 Å². The van der Waals surface area contributed by atoms with Gasteiger partial charge in [0.25, 0.3) is 20.0 Å². The minimum Gasteiger partial charge on any atom is -0.345 e. The molecule has 6 aromatic rings. The second-order valence-corrected chi connectivity index (χ2v) is 28.1. The van der Waals surface area contributed by atoms with E-state index in [0.29, 0.717) is 33.6 Å². The molecule has 2 fully saturated rings. The molecule has 2 saturated carbocycles. The molecule has 10 rings (SSSR count). The van der Waals surface area contributed by atoms with Crippen LogP contribution in [0, 0.1) is 50.9 Å². The Kier molecular flexibility index (Phi) is 15.9. The molecule has 2 aliphatic carbocycles. The van der Waals surface area contributed by atoms with Crippen LogP contribution in [0.1, 0.15) is 105 Å². The minimum absolute atomic E-state index is 0. The van der Waals surface area contributed by atoms with Crippen LogP contribution in [0.2, 0.25) is 5.04 Å². The van der Waals surface area contributed by atoms with Crippen LogP contribution in [0.3, 0.4) is 0 Å². The topological polar surface area (TPSA) is 210 Å². The molecule has 0 bridgehead atoms. The molecule has 14 nitrogen and oxygen atoms in total. The van der Waals surface area contributed by atoms with Gasteiger partial charge in [-0.05, 0) is 89.3 Å². The number of rotatable bonds is 9. The summed E-state index contributed by atoms with van der Waals surface area (Å²) in [6, 6.07) is 31.2. The number of carbonyl (C=O) groups excluding carboxylic acids is 2. The molecule has 2 unspecified atom stereocenters. The molecule has 2 amide bonds. The van der Waals surface area contributed by atoms with E-state index in [1.54, 1.807) is 37.0 Å². The maximum absolute atomic E-state index is 15.8. The van der Waals surface area contributed by atoms with Crippen LogP contribution in [0.15, 0.2) is 135 Å². The van der Waals surface area contributed by atoms with Gasteiger partial charge in [0.05, 0.1) is 20.9 Å². The minimum atomic E-state index is -3.32. The molecule has 4 atom stereocenters. The largest absolute Gasteiger partial charge is 0.345 e. The maximum atomic E-state index is 15.8. The summed E-state index contributed by atoms with van der Waals surface area (Å²) in [5.41, 5.74) is 1.72. The maximum Gasteiger partial charge on any atom is 0.272 e. The van der Waals surface area contributed by atoms with E-state index in [9.17, 15) is 27.8 Å². The average molecular weight is 1070 g/mol. The van der Waals surface area contributed by atoms with Crippen LogP contribution >= 0.6 is 0 Å². The molecule has 2 aromatic heterocycles. The number of aryl methyl sites for hydroxylation is 2. The second-order valence-electron chi connectivity index (χ2n) is 19.8. The summed E-state index contributed by atoms with van der Waals surface area (Å²) in [5.74, 6) is -1.59. The smallest absolute Gasteiger partial charge is 0.272 e. The lowest BCUT2D eigenvalue weighted by Gasteiger charge is -2.40. The van der Waals surface area contributed by atoms with Crippen molar-refractivity contribution in [2.24, 2.45) is 30.0 Å². The fourth-order valence-corrected chi connectivity index (χ4v) is 20.2. The fourth-order valence-electron chi connectivity index (χ4n) is 9.63. The zero-order valence-electron chi connectivity index (χ0n) is 40.8. The number of aromatic nitrogens is 2. The SMILES string of the molecule is C.C.Cn1cc2c(c1C(=O)Nc1ccc(F)c(C#N)c1)C=C[C@H](C1CC1)NS2(=N)=O.Cn1cc2c(c1C(=O)Nc1ccc(F)c(C#N)c1)C=C[C@H](C1CC1)NS2(=O)=N[Si](c1ccccc1)(c1ccccc1)C(C)(C)C. The van der Waals surface area contributed by atoms with Gasteiger partial charge in [-0.2, -0.15) is 10.5 Å². The van der Waals surface area contributed by atoms with Crippen molar-refractivity contribution in [2.45, 2.75) is 88.2 Å². The first kappa shape index (κ1) is 55.5. The van der Waals surface area contributed by atoms with Gasteiger partial charge in [-0.25, -0.2) is 35.5 Å². The highest BCUT2D eigenvalue weighted by Gasteiger charge is 2.51. The molecule has 2 aliphatic heterocycles. The molecule has 19 heteroatoms.